The lowest BCUT2D eigenvalue weighted by Crippen LogP contribution is -2.46. The maximum atomic E-state index is 13.0. The molecule has 3 heterocycles. The van der Waals surface area contributed by atoms with Crippen LogP contribution >= 0.6 is 0 Å². The minimum Gasteiger partial charge on any atom is -0.468 e. The fraction of sp³-hybridized carbons (Fsp3) is 0.450. The molecule has 4 nitrogen and oxygen atoms in total. The highest BCUT2D eigenvalue weighted by atomic mass is 16.3. The maximum absolute atomic E-state index is 13.0. The summed E-state index contributed by atoms with van der Waals surface area (Å²) in [4.78, 5) is 17.4. The van der Waals surface area contributed by atoms with E-state index in [0.29, 0.717) is 5.91 Å². The number of carbonyl (C=O) groups excluding carboxylic acids is 1. The summed E-state index contributed by atoms with van der Waals surface area (Å²) in [5.41, 5.74) is 2.70. The number of hydrogen-bond donors (Lipinski definition) is 0. The zero-order chi connectivity index (χ0) is 16.4. The molecular weight excluding hydrogens is 300 g/mol. The molecule has 4 rings (SSSR count). The summed E-state index contributed by atoms with van der Waals surface area (Å²) in [5.74, 6) is 1.43. The average molecular weight is 324 g/mol. The van der Waals surface area contributed by atoms with E-state index in [0.717, 1.165) is 57.7 Å². The molecule has 2 aliphatic rings. The number of rotatable bonds is 3. The van der Waals surface area contributed by atoms with Crippen molar-refractivity contribution < 1.29 is 9.21 Å². The Balaban J connectivity index is 1.39. The molecule has 1 aromatic carbocycles. The third-order valence-corrected chi connectivity index (χ3v) is 5.26. The molecule has 4 heteroatoms. The first-order valence-corrected chi connectivity index (χ1v) is 8.90. The number of likely N-dealkylation sites (tertiary alicyclic amines) is 1. The highest BCUT2D eigenvalue weighted by molar-refractivity contribution is 5.79. The normalized spacial score (nSPS) is 21.5. The average Bonchev–Trinajstić information content (AvgIpc) is 3.14. The third-order valence-electron chi connectivity index (χ3n) is 5.26. The minimum absolute atomic E-state index is 0.124. The summed E-state index contributed by atoms with van der Waals surface area (Å²) in [6.45, 7) is 4.32. The SMILES string of the molecule is O=C(C1CCCN(Cc2ccco2)C1)N1CCc2ccccc2C1. The molecule has 0 radical (unpaired) electrons. The van der Waals surface area contributed by atoms with E-state index < -0.39 is 0 Å². The van der Waals surface area contributed by atoms with Crippen LogP contribution in [0.25, 0.3) is 0 Å². The van der Waals surface area contributed by atoms with Crippen molar-refractivity contribution >= 4 is 5.91 Å². The van der Waals surface area contributed by atoms with Gasteiger partial charge in [-0.1, -0.05) is 24.3 Å². The van der Waals surface area contributed by atoms with Gasteiger partial charge in [-0.3, -0.25) is 9.69 Å². The van der Waals surface area contributed by atoms with Crippen LogP contribution in [0.15, 0.2) is 47.1 Å². The van der Waals surface area contributed by atoms with E-state index >= 15 is 0 Å². The maximum Gasteiger partial charge on any atom is 0.227 e. The van der Waals surface area contributed by atoms with E-state index in [1.54, 1.807) is 6.26 Å². The Labute approximate surface area is 143 Å². The predicted octanol–water partition coefficient (Wildman–Crippen LogP) is 3.08. The zero-order valence-corrected chi connectivity index (χ0v) is 14.0. The van der Waals surface area contributed by atoms with Gasteiger partial charge in [0.2, 0.25) is 5.91 Å². The van der Waals surface area contributed by atoms with Crippen molar-refractivity contribution in [2.75, 3.05) is 19.6 Å². The number of hydrogen-bond acceptors (Lipinski definition) is 3. The number of amides is 1. The van der Waals surface area contributed by atoms with Crippen LogP contribution in [-0.2, 0) is 24.3 Å². The largest absolute Gasteiger partial charge is 0.468 e. The van der Waals surface area contributed by atoms with Crippen LogP contribution in [0.3, 0.4) is 0 Å². The standard InChI is InChI=1S/C20H24N2O2/c23-20(22-11-9-16-5-1-2-6-17(16)14-22)18-7-3-10-21(13-18)15-19-8-4-12-24-19/h1-2,4-6,8,12,18H,3,7,9-11,13-15H2. The third kappa shape index (κ3) is 3.24. The van der Waals surface area contributed by atoms with Gasteiger partial charge in [-0.05, 0) is 49.1 Å². The lowest BCUT2D eigenvalue weighted by molar-refractivity contribution is -0.138. The summed E-state index contributed by atoms with van der Waals surface area (Å²) in [7, 11) is 0. The molecule has 0 bridgehead atoms. The first-order chi connectivity index (χ1) is 11.8. The molecule has 0 spiro atoms. The van der Waals surface area contributed by atoms with Crippen molar-refractivity contribution in [1.82, 2.24) is 9.80 Å². The Morgan fingerprint density at radius 3 is 2.83 bits per heavy atom. The van der Waals surface area contributed by atoms with Crippen molar-refractivity contribution in [3.8, 4) is 0 Å². The quantitative estimate of drug-likeness (QED) is 0.870. The Morgan fingerprint density at radius 2 is 2.00 bits per heavy atom. The molecule has 1 amide bonds. The summed E-state index contributed by atoms with van der Waals surface area (Å²) < 4.78 is 5.45. The number of fused-ring (bicyclic) bond motifs is 1. The van der Waals surface area contributed by atoms with Gasteiger partial charge in [0.1, 0.15) is 5.76 Å². The number of carbonyl (C=O) groups is 1. The number of benzene rings is 1. The van der Waals surface area contributed by atoms with Crippen LogP contribution in [0.5, 0.6) is 0 Å². The van der Waals surface area contributed by atoms with E-state index in [2.05, 4.69) is 34.1 Å². The second-order valence-electron chi connectivity index (χ2n) is 6.93. The fourth-order valence-electron chi connectivity index (χ4n) is 3.97. The van der Waals surface area contributed by atoms with Gasteiger partial charge in [-0.2, -0.15) is 0 Å². The van der Waals surface area contributed by atoms with Crippen LogP contribution in [0.1, 0.15) is 29.7 Å². The molecule has 0 aliphatic carbocycles. The summed E-state index contributed by atoms with van der Waals surface area (Å²) >= 11 is 0. The molecule has 24 heavy (non-hydrogen) atoms. The monoisotopic (exact) mass is 324 g/mol. The molecule has 1 atom stereocenters. The van der Waals surface area contributed by atoms with Crippen LogP contribution in [0, 0.1) is 5.92 Å². The summed E-state index contributed by atoms with van der Waals surface area (Å²) in [6.07, 6.45) is 4.78. The second kappa shape index (κ2) is 6.81. The molecular formula is C20H24N2O2. The molecule has 0 saturated carbocycles. The van der Waals surface area contributed by atoms with E-state index in [1.165, 1.54) is 11.1 Å². The highest BCUT2D eigenvalue weighted by Gasteiger charge is 2.31. The van der Waals surface area contributed by atoms with Crippen LogP contribution < -0.4 is 0 Å². The summed E-state index contributed by atoms with van der Waals surface area (Å²) in [5, 5.41) is 0. The van der Waals surface area contributed by atoms with Crippen molar-refractivity contribution in [2.45, 2.75) is 32.4 Å². The summed E-state index contributed by atoms with van der Waals surface area (Å²) in [6, 6.07) is 12.4. The van der Waals surface area contributed by atoms with Gasteiger partial charge in [0.25, 0.3) is 0 Å². The Morgan fingerprint density at radius 1 is 1.12 bits per heavy atom. The molecule has 1 saturated heterocycles. The lowest BCUT2D eigenvalue weighted by atomic mass is 9.94. The van der Waals surface area contributed by atoms with Crippen molar-refractivity contribution in [3.63, 3.8) is 0 Å². The van der Waals surface area contributed by atoms with Crippen LogP contribution in [0.4, 0.5) is 0 Å². The van der Waals surface area contributed by atoms with Gasteiger partial charge in [-0.15, -0.1) is 0 Å². The predicted molar refractivity (Wildman–Crippen MR) is 92.3 cm³/mol. The number of nitrogens with zero attached hydrogens (tertiary/aromatic N) is 2. The Bertz CT molecular complexity index is 695. The topological polar surface area (TPSA) is 36.7 Å². The second-order valence-corrected chi connectivity index (χ2v) is 6.93. The Hall–Kier alpha value is -2.07. The highest BCUT2D eigenvalue weighted by Crippen LogP contribution is 2.24. The zero-order valence-electron chi connectivity index (χ0n) is 14.0. The molecule has 1 aromatic heterocycles. The number of furan rings is 1. The Kier molecular flexibility index (Phi) is 4.39. The van der Waals surface area contributed by atoms with E-state index in [9.17, 15) is 4.79 Å². The van der Waals surface area contributed by atoms with Gasteiger partial charge < -0.3 is 9.32 Å². The molecule has 2 aliphatic heterocycles. The lowest BCUT2D eigenvalue weighted by Gasteiger charge is -2.36. The fourth-order valence-corrected chi connectivity index (χ4v) is 3.97. The van der Waals surface area contributed by atoms with Gasteiger partial charge in [-0.25, -0.2) is 0 Å². The van der Waals surface area contributed by atoms with Crippen LogP contribution in [0.2, 0.25) is 0 Å². The molecule has 1 fully saturated rings. The van der Waals surface area contributed by atoms with E-state index in [-0.39, 0.29) is 5.92 Å². The van der Waals surface area contributed by atoms with Gasteiger partial charge in [0, 0.05) is 19.6 Å². The number of piperidine rings is 1. The molecule has 1 unspecified atom stereocenters. The molecule has 2 aromatic rings. The minimum atomic E-state index is 0.124. The first kappa shape index (κ1) is 15.5. The van der Waals surface area contributed by atoms with Crippen LogP contribution in [-0.4, -0.2) is 35.3 Å². The molecule has 0 N–H and O–H groups in total. The van der Waals surface area contributed by atoms with Gasteiger partial charge in [0.15, 0.2) is 0 Å². The van der Waals surface area contributed by atoms with Gasteiger partial charge >= 0.3 is 0 Å². The first-order valence-electron chi connectivity index (χ1n) is 8.90. The molecule has 126 valence electrons. The smallest absolute Gasteiger partial charge is 0.227 e. The van der Waals surface area contributed by atoms with Crippen molar-refractivity contribution in [3.05, 3.63) is 59.5 Å². The van der Waals surface area contributed by atoms with Crippen molar-refractivity contribution in [2.24, 2.45) is 5.92 Å². The van der Waals surface area contributed by atoms with E-state index in [4.69, 9.17) is 4.42 Å². The van der Waals surface area contributed by atoms with Crippen molar-refractivity contribution in [1.29, 1.82) is 0 Å². The van der Waals surface area contributed by atoms with E-state index in [1.807, 2.05) is 12.1 Å². The van der Waals surface area contributed by atoms with Gasteiger partial charge in [0.05, 0.1) is 18.7 Å².